The third-order valence-corrected chi connectivity index (χ3v) is 8.37. The van der Waals surface area contributed by atoms with Crippen LogP contribution in [0, 0.1) is 5.82 Å². The second-order valence-corrected chi connectivity index (χ2v) is 11.1. The number of carbonyl (C=O) groups is 3. The number of hydrogen-bond donors (Lipinski definition) is 1. The second kappa shape index (κ2) is 12.2. The van der Waals surface area contributed by atoms with Gasteiger partial charge in [-0.05, 0) is 41.8 Å². The molecule has 1 aliphatic rings. The molecule has 0 aliphatic carbocycles. The third-order valence-electron chi connectivity index (χ3n) is 6.53. The predicted octanol–water partition coefficient (Wildman–Crippen LogP) is 3.53. The highest BCUT2D eigenvalue weighted by atomic mass is 32.2. The van der Waals surface area contributed by atoms with Gasteiger partial charge in [0.15, 0.2) is 0 Å². The Bertz CT molecular complexity index is 1450. The van der Waals surface area contributed by atoms with Crippen molar-refractivity contribution >= 4 is 27.7 Å². The highest BCUT2D eigenvalue weighted by Gasteiger charge is 2.41. The molecule has 3 aromatic rings. The highest BCUT2D eigenvalue weighted by Crippen LogP contribution is 2.30. The molecular formula is C29H30FN3O5S. The van der Waals surface area contributed by atoms with Gasteiger partial charge in [0.05, 0.1) is 5.56 Å². The van der Waals surface area contributed by atoms with Gasteiger partial charge in [-0.2, -0.15) is 0 Å². The van der Waals surface area contributed by atoms with Crippen LogP contribution in [0.5, 0.6) is 0 Å². The first kappa shape index (κ1) is 28.0. The van der Waals surface area contributed by atoms with Gasteiger partial charge in [0.1, 0.15) is 16.8 Å². The predicted molar refractivity (Wildman–Crippen MR) is 143 cm³/mol. The topological polar surface area (TPSA) is 104 Å². The van der Waals surface area contributed by atoms with Gasteiger partial charge in [0.2, 0.25) is 11.8 Å². The van der Waals surface area contributed by atoms with Crippen LogP contribution in [-0.4, -0.2) is 54.5 Å². The maximum Gasteiger partial charge on any atom is 0.269 e. The first-order valence-corrected chi connectivity index (χ1v) is 14.2. The molecule has 0 bridgehead atoms. The van der Waals surface area contributed by atoms with E-state index < -0.39 is 33.7 Å². The molecule has 0 saturated heterocycles. The Hall–Kier alpha value is -4.05. The van der Waals surface area contributed by atoms with Crippen molar-refractivity contribution in [2.24, 2.45) is 0 Å². The Kier molecular flexibility index (Phi) is 8.75. The van der Waals surface area contributed by atoms with E-state index in [4.69, 9.17) is 0 Å². The van der Waals surface area contributed by atoms with E-state index in [-0.39, 0.29) is 42.3 Å². The Morgan fingerprint density at radius 1 is 0.949 bits per heavy atom. The minimum Gasteiger partial charge on any atom is -0.354 e. The van der Waals surface area contributed by atoms with Gasteiger partial charge >= 0.3 is 0 Å². The van der Waals surface area contributed by atoms with E-state index in [1.165, 1.54) is 47.4 Å². The molecule has 0 fully saturated rings. The maximum absolute atomic E-state index is 13.7. The van der Waals surface area contributed by atoms with Crippen LogP contribution in [0.1, 0.15) is 41.3 Å². The molecule has 0 saturated carbocycles. The molecule has 1 N–H and O–H groups in total. The molecule has 4 rings (SSSR count). The van der Waals surface area contributed by atoms with E-state index in [1.54, 1.807) is 6.07 Å². The summed E-state index contributed by atoms with van der Waals surface area (Å²) in [6, 6.07) is 19.8. The minimum absolute atomic E-state index is 0.00290. The average molecular weight is 552 g/mol. The van der Waals surface area contributed by atoms with Crippen LogP contribution in [0.25, 0.3) is 0 Å². The molecule has 8 nitrogen and oxygen atoms in total. The van der Waals surface area contributed by atoms with Crippen LogP contribution in [-0.2, 0) is 32.6 Å². The van der Waals surface area contributed by atoms with Crippen LogP contribution in [0.2, 0.25) is 0 Å². The number of fused-ring (bicyclic) bond motifs is 1. The van der Waals surface area contributed by atoms with Gasteiger partial charge in [0.25, 0.3) is 15.9 Å². The lowest BCUT2D eigenvalue weighted by molar-refractivity contribution is -0.141. The van der Waals surface area contributed by atoms with Gasteiger partial charge in [-0.25, -0.2) is 17.1 Å². The molecule has 3 amide bonds. The van der Waals surface area contributed by atoms with Crippen LogP contribution >= 0.6 is 0 Å². The molecule has 3 aromatic carbocycles. The number of hydrogen-bond acceptors (Lipinski definition) is 5. The van der Waals surface area contributed by atoms with Crippen molar-refractivity contribution in [1.29, 1.82) is 0 Å². The van der Waals surface area contributed by atoms with E-state index in [0.717, 1.165) is 5.56 Å². The van der Waals surface area contributed by atoms with E-state index >= 15 is 0 Å². The van der Waals surface area contributed by atoms with Crippen molar-refractivity contribution in [3.8, 4) is 0 Å². The largest absolute Gasteiger partial charge is 0.354 e. The molecule has 1 atom stereocenters. The molecule has 0 radical (unpaired) electrons. The number of carbonyl (C=O) groups excluding carboxylic acids is 3. The molecule has 1 aliphatic heterocycles. The van der Waals surface area contributed by atoms with Crippen molar-refractivity contribution in [2.45, 2.75) is 43.7 Å². The minimum atomic E-state index is -4.09. The van der Waals surface area contributed by atoms with Crippen LogP contribution in [0.4, 0.5) is 4.39 Å². The molecule has 0 unspecified atom stereocenters. The summed E-state index contributed by atoms with van der Waals surface area (Å²) in [5.41, 5.74) is 1.50. The van der Waals surface area contributed by atoms with Gasteiger partial charge in [-0.1, -0.05) is 61.5 Å². The lowest BCUT2D eigenvalue weighted by Crippen LogP contribution is -2.51. The number of nitrogens with zero attached hydrogens (tertiary/aromatic N) is 2. The fraction of sp³-hybridized carbons (Fsp3) is 0.276. The molecular weight excluding hydrogens is 521 g/mol. The van der Waals surface area contributed by atoms with E-state index in [9.17, 15) is 27.2 Å². The number of nitrogens with one attached hydrogen (secondary N) is 1. The first-order chi connectivity index (χ1) is 18.7. The summed E-state index contributed by atoms with van der Waals surface area (Å²) in [6.07, 6.45) is 0.591. The summed E-state index contributed by atoms with van der Waals surface area (Å²) in [5.74, 6) is -1.99. The Labute approximate surface area is 227 Å². The van der Waals surface area contributed by atoms with E-state index in [0.29, 0.717) is 22.8 Å². The summed E-state index contributed by atoms with van der Waals surface area (Å²) in [5, 5.41) is 2.86. The van der Waals surface area contributed by atoms with Gasteiger partial charge < -0.3 is 10.2 Å². The van der Waals surface area contributed by atoms with E-state index in [2.05, 4.69) is 5.32 Å². The molecule has 1 heterocycles. The number of benzene rings is 3. The Morgan fingerprint density at radius 3 is 2.28 bits per heavy atom. The summed E-state index contributed by atoms with van der Waals surface area (Å²) >= 11 is 0. The van der Waals surface area contributed by atoms with Crippen LogP contribution in [0.15, 0.2) is 83.8 Å². The molecule has 0 aromatic heterocycles. The molecule has 0 spiro atoms. The van der Waals surface area contributed by atoms with Crippen molar-refractivity contribution in [2.75, 3.05) is 13.1 Å². The summed E-state index contributed by atoms with van der Waals surface area (Å²) < 4.78 is 40.2. The highest BCUT2D eigenvalue weighted by molar-refractivity contribution is 7.90. The fourth-order valence-corrected chi connectivity index (χ4v) is 6.07. The molecule has 39 heavy (non-hydrogen) atoms. The van der Waals surface area contributed by atoms with Gasteiger partial charge in [0, 0.05) is 32.5 Å². The zero-order valence-electron chi connectivity index (χ0n) is 21.5. The summed E-state index contributed by atoms with van der Waals surface area (Å²) in [7, 11) is -4.09. The van der Waals surface area contributed by atoms with E-state index in [1.807, 2.05) is 37.3 Å². The average Bonchev–Trinajstić information content (AvgIpc) is 3.14. The molecule has 204 valence electrons. The third kappa shape index (κ3) is 6.34. The number of rotatable bonds is 11. The standard InChI is InChI=1S/C29H30FN3O5S/c1-2-17-31-28(35)25(19-21-8-4-3-5-9-21)32(20-22-12-14-23(30)15-13-22)27(34)16-18-33-29(36)24-10-6-7-11-26(24)39(33,37)38/h3-15,25H,2,16-20H2,1H3,(H,31,35)/t25-/m0/s1. The van der Waals surface area contributed by atoms with Crippen LogP contribution < -0.4 is 5.32 Å². The van der Waals surface area contributed by atoms with Crippen molar-refractivity contribution in [1.82, 2.24) is 14.5 Å². The smallest absolute Gasteiger partial charge is 0.269 e. The normalized spacial score (nSPS) is 14.5. The lowest BCUT2D eigenvalue weighted by Gasteiger charge is -2.32. The SMILES string of the molecule is CCCNC(=O)[C@H](Cc1ccccc1)N(Cc1ccc(F)cc1)C(=O)CCN1C(=O)c2ccccc2S1(=O)=O. The first-order valence-electron chi connectivity index (χ1n) is 12.7. The Balaban J connectivity index is 1.62. The fourth-order valence-electron chi connectivity index (χ4n) is 4.50. The van der Waals surface area contributed by atoms with Gasteiger partial charge in [-0.15, -0.1) is 0 Å². The van der Waals surface area contributed by atoms with Crippen molar-refractivity contribution in [3.05, 3.63) is 101 Å². The second-order valence-electron chi connectivity index (χ2n) is 9.27. The zero-order chi connectivity index (χ0) is 28.0. The molecule has 10 heteroatoms. The zero-order valence-corrected chi connectivity index (χ0v) is 22.4. The van der Waals surface area contributed by atoms with Crippen molar-refractivity contribution in [3.63, 3.8) is 0 Å². The summed E-state index contributed by atoms with van der Waals surface area (Å²) in [4.78, 5) is 41.2. The van der Waals surface area contributed by atoms with Gasteiger partial charge in [-0.3, -0.25) is 14.4 Å². The lowest BCUT2D eigenvalue weighted by atomic mass is 10.0. The maximum atomic E-state index is 13.7. The monoisotopic (exact) mass is 551 g/mol. The van der Waals surface area contributed by atoms with Crippen LogP contribution in [0.3, 0.4) is 0 Å². The van der Waals surface area contributed by atoms with Crippen molar-refractivity contribution < 1.29 is 27.2 Å². The Morgan fingerprint density at radius 2 is 1.62 bits per heavy atom. The quantitative estimate of drug-likeness (QED) is 0.393. The number of amides is 3. The number of halogens is 1. The summed E-state index contributed by atoms with van der Waals surface area (Å²) in [6.45, 7) is 1.96. The number of sulfonamides is 1.